The fraction of sp³-hybridized carbons (Fsp3) is 0.812. The second kappa shape index (κ2) is 6.70. The molecule has 112 valence electrons. The van der Waals surface area contributed by atoms with Gasteiger partial charge in [0.15, 0.2) is 0 Å². The Kier molecular flexibility index (Phi) is 4.93. The number of nitrogens with zero attached hydrogens (tertiary/aromatic N) is 2. The average molecular weight is 315 g/mol. The van der Waals surface area contributed by atoms with Crippen molar-refractivity contribution in [2.24, 2.45) is 0 Å². The molecule has 2 saturated carbocycles. The summed E-state index contributed by atoms with van der Waals surface area (Å²) in [5, 5.41) is 5.74. The van der Waals surface area contributed by atoms with Gasteiger partial charge in [0.2, 0.25) is 0 Å². The maximum absolute atomic E-state index is 6.61. The second-order valence-electron chi connectivity index (χ2n) is 6.36. The van der Waals surface area contributed by atoms with Gasteiger partial charge >= 0.3 is 0 Å². The van der Waals surface area contributed by atoms with Gasteiger partial charge in [0.05, 0.1) is 17.6 Å². The molecule has 2 fully saturated rings. The summed E-state index contributed by atoms with van der Waals surface area (Å²) in [6, 6.07) is 0.488. The lowest BCUT2D eigenvalue weighted by molar-refractivity contribution is 0.401. The summed E-state index contributed by atoms with van der Waals surface area (Å²) < 4.78 is 2.11. The SMILES string of the molecule is ClCc1c(C2CCCC2)nn(C2CCCCCC2)c1Cl. The van der Waals surface area contributed by atoms with Gasteiger partial charge in [-0.05, 0) is 25.7 Å². The molecular weight excluding hydrogens is 291 g/mol. The Hall–Kier alpha value is -0.210. The Balaban J connectivity index is 1.90. The summed E-state index contributed by atoms with van der Waals surface area (Å²) in [6.45, 7) is 0. The van der Waals surface area contributed by atoms with Crippen molar-refractivity contribution in [2.45, 2.75) is 82.0 Å². The Morgan fingerprint density at radius 1 is 0.950 bits per heavy atom. The third-order valence-corrected chi connectivity index (χ3v) is 5.69. The van der Waals surface area contributed by atoms with Gasteiger partial charge in [0.1, 0.15) is 5.15 Å². The van der Waals surface area contributed by atoms with Crippen molar-refractivity contribution in [3.63, 3.8) is 0 Å². The van der Waals surface area contributed by atoms with Crippen LogP contribution >= 0.6 is 23.2 Å². The molecule has 1 aromatic heterocycles. The molecule has 0 saturated heterocycles. The van der Waals surface area contributed by atoms with Crippen molar-refractivity contribution in [3.05, 3.63) is 16.4 Å². The summed E-state index contributed by atoms with van der Waals surface area (Å²) in [5.74, 6) is 1.09. The van der Waals surface area contributed by atoms with Gasteiger partial charge in [0.25, 0.3) is 0 Å². The topological polar surface area (TPSA) is 17.8 Å². The molecule has 2 nitrogen and oxygen atoms in total. The molecule has 1 aromatic rings. The van der Waals surface area contributed by atoms with Gasteiger partial charge < -0.3 is 0 Å². The summed E-state index contributed by atoms with van der Waals surface area (Å²) in [6.07, 6.45) is 12.9. The Labute approximate surface area is 131 Å². The lowest BCUT2D eigenvalue weighted by Gasteiger charge is -2.16. The van der Waals surface area contributed by atoms with Crippen LogP contribution in [0.3, 0.4) is 0 Å². The highest BCUT2D eigenvalue weighted by molar-refractivity contribution is 6.31. The van der Waals surface area contributed by atoms with Crippen molar-refractivity contribution in [2.75, 3.05) is 0 Å². The third kappa shape index (κ3) is 2.87. The van der Waals surface area contributed by atoms with Crippen LogP contribution in [-0.2, 0) is 5.88 Å². The number of hydrogen-bond donors (Lipinski definition) is 0. The van der Waals surface area contributed by atoms with Gasteiger partial charge in [0, 0.05) is 11.5 Å². The van der Waals surface area contributed by atoms with E-state index in [1.54, 1.807) is 0 Å². The van der Waals surface area contributed by atoms with Gasteiger partial charge in [-0.3, -0.25) is 4.68 Å². The zero-order valence-electron chi connectivity index (χ0n) is 12.1. The van der Waals surface area contributed by atoms with E-state index < -0.39 is 0 Å². The molecule has 2 aliphatic carbocycles. The van der Waals surface area contributed by atoms with E-state index in [4.69, 9.17) is 28.3 Å². The Morgan fingerprint density at radius 2 is 1.55 bits per heavy atom. The van der Waals surface area contributed by atoms with Crippen molar-refractivity contribution in [1.82, 2.24) is 9.78 Å². The van der Waals surface area contributed by atoms with Gasteiger partial charge in [-0.25, -0.2) is 0 Å². The van der Waals surface area contributed by atoms with Crippen LogP contribution in [0, 0.1) is 0 Å². The number of aromatic nitrogens is 2. The lowest BCUT2D eigenvalue weighted by atomic mass is 10.0. The fourth-order valence-electron chi connectivity index (χ4n) is 3.86. The van der Waals surface area contributed by atoms with Gasteiger partial charge in [-0.2, -0.15) is 5.10 Å². The van der Waals surface area contributed by atoms with Crippen LogP contribution in [-0.4, -0.2) is 9.78 Å². The van der Waals surface area contributed by atoms with Crippen LogP contribution in [0.15, 0.2) is 0 Å². The van der Waals surface area contributed by atoms with E-state index in [-0.39, 0.29) is 0 Å². The van der Waals surface area contributed by atoms with Crippen LogP contribution in [0.25, 0.3) is 0 Å². The van der Waals surface area contributed by atoms with Crippen molar-refractivity contribution >= 4 is 23.2 Å². The van der Waals surface area contributed by atoms with E-state index in [9.17, 15) is 0 Å². The minimum Gasteiger partial charge on any atom is -0.250 e. The predicted molar refractivity (Wildman–Crippen MR) is 84.7 cm³/mol. The second-order valence-corrected chi connectivity index (χ2v) is 6.98. The maximum Gasteiger partial charge on any atom is 0.132 e. The summed E-state index contributed by atoms with van der Waals surface area (Å²) in [4.78, 5) is 0. The number of alkyl halides is 1. The molecular formula is C16H24Cl2N2. The number of halogens is 2. The zero-order chi connectivity index (χ0) is 13.9. The Bertz CT molecular complexity index is 442. The molecule has 0 radical (unpaired) electrons. The molecule has 0 atom stereocenters. The van der Waals surface area contributed by atoms with Crippen LogP contribution < -0.4 is 0 Å². The highest BCUT2D eigenvalue weighted by atomic mass is 35.5. The highest BCUT2D eigenvalue weighted by Crippen LogP contribution is 2.40. The normalized spacial score (nSPS) is 22.3. The zero-order valence-corrected chi connectivity index (χ0v) is 13.6. The van der Waals surface area contributed by atoms with E-state index in [0.29, 0.717) is 17.8 Å². The van der Waals surface area contributed by atoms with Crippen LogP contribution in [0.4, 0.5) is 0 Å². The first-order chi connectivity index (χ1) is 9.81. The molecule has 0 N–H and O–H groups in total. The van der Waals surface area contributed by atoms with E-state index >= 15 is 0 Å². The number of hydrogen-bond acceptors (Lipinski definition) is 1. The van der Waals surface area contributed by atoms with Crippen LogP contribution in [0.1, 0.15) is 87.4 Å². The van der Waals surface area contributed by atoms with Gasteiger partial charge in [-0.1, -0.05) is 50.1 Å². The summed E-state index contributed by atoms with van der Waals surface area (Å²) >= 11 is 12.8. The first kappa shape index (κ1) is 14.7. The lowest BCUT2D eigenvalue weighted by Crippen LogP contribution is -2.10. The molecule has 1 heterocycles. The van der Waals surface area contributed by atoms with Crippen LogP contribution in [0.5, 0.6) is 0 Å². The summed E-state index contributed by atoms with van der Waals surface area (Å²) in [5.41, 5.74) is 2.30. The fourth-order valence-corrected chi connectivity index (χ4v) is 4.53. The molecule has 3 rings (SSSR count). The monoisotopic (exact) mass is 314 g/mol. The molecule has 0 bridgehead atoms. The third-order valence-electron chi connectivity index (χ3n) is 5.02. The quantitative estimate of drug-likeness (QED) is 0.507. The molecule has 2 aliphatic rings. The number of rotatable bonds is 3. The molecule has 0 aliphatic heterocycles. The predicted octanol–water partition coefficient (Wildman–Crippen LogP) is 5.83. The first-order valence-electron chi connectivity index (χ1n) is 8.14. The summed E-state index contributed by atoms with van der Waals surface area (Å²) in [7, 11) is 0. The molecule has 0 aromatic carbocycles. The molecule has 0 spiro atoms. The Morgan fingerprint density at radius 3 is 2.15 bits per heavy atom. The van der Waals surface area contributed by atoms with E-state index in [2.05, 4.69) is 4.68 Å². The smallest absolute Gasteiger partial charge is 0.132 e. The molecule has 0 unspecified atom stereocenters. The standard InChI is InChI=1S/C16H24Cl2N2/c17-11-14-15(12-7-5-6-8-12)19-20(16(14)18)13-9-3-1-2-4-10-13/h12-13H,1-11H2. The van der Waals surface area contributed by atoms with E-state index in [0.717, 1.165) is 10.7 Å². The average Bonchev–Trinajstić information content (AvgIpc) is 3.00. The van der Waals surface area contributed by atoms with E-state index in [1.807, 2.05) is 0 Å². The molecule has 4 heteroatoms. The van der Waals surface area contributed by atoms with E-state index in [1.165, 1.54) is 69.9 Å². The minimum atomic E-state index is 0.488. The highest BCUT2D eigenvalue weighted by Gasteiger charge is 2.28. The van der Waals surface area contributed by atoms with Gasteiger partial charge in [-0.15, -0.1) is 11.6 Å². The largest absolute Gasteiger partial charge is 0.250 e. The van der Waals surface area contributed by atoms with Crippen molar-refractivity contribution in [1.29, 1.82) is 0 Å². The first-order valence-corrected chi connectivity index (χ1v) is 9.05. The van der Waals surface area contributed by atoms with Crippen molar-refractivity contribution in [3.8, 4) is 0 Å². The van der Waals surface area contributed by atoms with Crippen molar-refractivity contribution < 1.29 is 0 Å². The minimum absolute atomic E-state index is 0.488. The molecule has 20 heavy (non-hydrogen) atoms. The molecule has 0 amide bonds. The van der Waals surface area contributed by atoms with Crippen LogP contribution in [0.2, 0.25) is 5.15 Å². The maximum atomic E-state index is 6.61.